The number of aliphatic hydroxyl groups excluding tert-OH is 1. The molecule has 0 aliphatic heterocycles. The van der Waals surface area contributed by atoms with E-state index in [1.54, 1.807) is 12.1 Å². The molecule has 0 aliphatic carbocycles. The van der Waals surface area contributed by atoms with Crippen LogP contribution in [0.1, 0.15) is 10.4 Å². The molecule has 0 saturated heterocycles. The smallest absolute Gasteiger partial charge is 0.204 e. The first-order valence-corrected chi connectivity index (χ1v) is 8.07. The normalized spacial score (nSPS) is 10.4. The van der Waals surface area contributed by atoms with Crippen molar-refractivity contribution in [2.75, 3.05) is 18.5 Å². The van der Waals surface area contributed by atoms with Crippen molar-refractivity contribution in [1.29, 1.82) is 0 Å². The molecular weight excluding hydrogens is 438 g/mol. The van der Waals surface area contributed by atoms with Crippen LogP contribution in [0.25, 0.3) is 11.0 Å². The van der Waals surface area contributed by atoms with Gasteiger partial charge in [0.1, 0.15) is 0 Å². The van der Waals surface area contributed by atoms with Crippen LogP contribution in [0.15, 0.2) is 53.0 Å². The van der Waals surface area contributed by atoms with E-state index in [1.165, 1.54) is 0 Å². The van der Waals surface area contributed by atoms with Crippen molar-refractivity contribution in [3.8, 4) is 0 Å². The van der Waals surface area contributed by atoms with E-state index in [0.29, 0.717) is 18.1 Å². The van der Waals surface area contributed by atoms with Gasteiger partial charge in [-0.3, -0.25) is 4.79 Å². The third-order valence-electron chi connectivity index (χ3n) is 3.52. The van der Waals surface area contributed by atoms with Crippen molar-refractivity contribution >= 4 is 55.7 Å². The third-order valence-corrected chi connectivity index (χ3v) is 4.05. The van der Waals surface area contributed by atoms with Gasteiger partial charge in [-0.15, -0.1) is 17.0 Å². The van der Waals surface area contributed by atoms with Crippen molar-refractivity contribution in [2.24, 2.45) is 0 Å². The highest BCUT2D eigenvalue weighted by Gasteiger charge is 2.14. The Hall–Kier alpha value is -1.70. The number of aliphatic hydroxyl groups is 1. The lowest BCUT2D eigenvalue weighted by atomic mass is 10.1. The van der Waals surface area contributed by atoms with Crippen LogP contribution >= 0.6 is 32.9 Å². The summed E-state index contributed by atoms with van der Waals surface area (Å²) in [5.74, 6) is 0.596. The van der Waals surface area contributed by atoms with Gasteiger partial charge < -0.3 is 15.0 Å². The van der Waals surface area contributed by atoms with E-state index in [9.17, 15) is 4.79 Å². The number of para-hydroxylation sites is 2. The number of anilines is 1. The van der Waals surface area contributed by atoms with E-state index < -0.39 is 0 Å². The Morgan fingerprint density at radius 1 is 1.17 bits per heavy atom. The number of halogens is 2. The Labute approximate surface area is 158 Å². The molecule has 0 spiro atoms. The molecule has 0 saturated carbocycles. The highest BCUT2D eigenvalue weighted by molar-refractivity contribution is 9.10. The first-order valence-electron chi connectivity index (χ1n) is 7.28. The highest BCUT2D eigenvalue weighted by atomic mass is 79.9. The summed E-state index contributed by atoms with van der Waals surface area (Å²) in [7, 11) is 0. The SMILES string of the molecule is Br.O=C(Cn1c(NCCO)nc2ccccc21)c1ccc(Br)cc1. The van der Waals surface area contributed by atoms with Gasteiger partial charge in [0.05, 0.1) is 24.2 Å². The maximum absolute atomic E-state index is 12.6. The minimum atomic E-state index is 0. The molecule has 0 bridgehead atoms. The molecule has 3 aromatic rings. The predicted octanol–water partition coefficient (Wildman–Crippen LogP) is 3.66. The van der Waals surface area contributed by atoms with E-state index in [4.69, 9.17) is 5.11 Å². The van der Waals surface area contributed by atoms with E-state index in [1.807, 2.05) is 41.0 Å². The molecule has 7 heteroatoms. The molecule has 5 nitrogen and oxygen atoms in total. The molecule has 2 aromatic carbocycles. The number of imidazole rings is 1. The zero-order valence-electron chi connectivity index (χ0n) is 12.8. The molecule has 0 atom stereocenters. The topological polar surface area (TPSA) is 67.2 Å². The monoisotopic (exact) mass is 453 g/mol. The van der Waals surface area contributed by atoms with Crippen molar-refractivity contribution in [2.45, 2.75) is 6.54 Å². The van der Waals surface area contributed by atoms with Crippen LogP contribution in [0.2, 0.25) is 0 Å². The number of nitrogens with one attached hydrogen (secondary N) is 1. The molecule has 3 rings (SSSR count). The maximum atomic E-state index is 12.6. The van der Waals surface area contributed by atoms with Crippen LogP contribution in [-0.4, -0.2) is 33.6 Å². The molecule has 0 unspecified atom stereocenters. The second-order valence-corrected chi connectivity index (χ2v) is 6.01. The van der Waals surface area contributed by atoms with Crippen LogP contribution in [-0.2, 0) is 6.54 Å². The predicted molar refractivity (Wildman–Crippen MR) is 104 cm³/mol. The lowest BCUT2D eigenvalue weighted by molar-refractivity contribution is 0.0974. The van der Waals surface area contributed by atoms with E-state index >= 15 is 0 Å². The first kappa shape index (κ1) is 18.6. The molecule has 1 heterocycles. The Bertz CT molecular complexity index is 831. The zero-order valence-corrected chi connectivity index (χ0v) is 16.1. The molecule has 24 heavy (non-hydrogen) atoms. The van der Waals surface area contributed by atoms with Gasteiger partial charge in [0.25, 0.3) is 0 Å². The highest BCUT2D eigenvalue weighted by Crippen LogP contribution is 2.20. The van der Waals surface area contributed by atoms with Gasteiger partial charge in [0, 0.05) is 16.6 Å². The summed E-state index contributed by atoms with van der Waals surface area (Å²) in [5, 5.41) is 12.1. The minimum absolute atomic E-state index is 0. The second kappa shape index (κ2) is 8.41. The van der Waals surface area contributed by atoms with E-state index in [-0.39, 0.29) is 35.9 Å². The van der Waals surface area contributed by atoms with Crippen molar-refractivity contribution in [1.82, 2.24) is 9.55 Å². The van der Waals surface area contributed by atoms with Gasteiger partial charge in [-0.05, 0) is 24.3 Å². The standard InChI is InChI=1S/C17H16BrN3O2.BrH/c18-13-7-5-12(6-8-13)16(23)11-21-15-4-2-1-3-14(15)20-17(21)19-9-10-22;/h1-8,22H,9-11H2,(H,19,20);1H. The number of nitrogens with zero attached hydrogens (tertiary/aromatic N) is 2. The van der Waals surface area contributed by atoms with Crippen molar-refractivity contribution in [3.63, 3.8) is 0 Å². The lowest BCUT2D eigenvalue weighted by Gasteiger charge is -2.09. The molecule has 0 aliphatic rings. The van der Waals surface area contributed by atoms with E-state index in [2.05, 4.69) is 26.2 Å². The van der Waals surface area contributed by atoms with Gasteiger partial charge in [-0.25, -0.2) is 4.98 Å². The lowest BCUT2D eigenvalue weighted by Crippen LogP contribution is -2.15. The van der Waals surface area contributed by atoms with Gasteiger partial charge in [0.15, 0.2) is 5.78 Å². The van der Waals surface area contributed by atoms with Crippen molar-refractivity contribution < 1.29 is 9.90 Å². The number of fused-ring (bicyclic) bond motifs is 1. The van der Waals surface area contributed by atoms with Gasteiger partial charge in [-0.2, -0.15) is 0 Å². The number of hydrogen-bond donors (Lipinski definition) is 2. The second-order valence-electron chi connectivity index (χ2n) is 5.09. The fourth-order valence-corrected chi connectivity index (χ4v) is 2.67. The number of hydrogen-bond acceptors (Lipinski definition) is 4. The summed E-state index contributed by atoms with van der Waals surface area (Å²) in [4.78, 5) is 17.0. The summed E-state index contributed by atoms with van der Waals surface area (Å²) in [5.41, 5.74) is 2.36. The zero-order chi connectivity index (χ0) is 16.2. The van der Waals surface area contributed by atoms with Crippen LogP contribution in [0, 0.1) is 0 Å². The molecule has 1 aromatic heterocycles. The van der Waals surface area contributed by atoms with E-state index in [0.717, 1.165) is 15.5 Å². The number of aromatic nitrogens is 2. The summed E-state index contributed by atoms with van der Waals surface area (Å²) >= 11 is 3.37. The molecule has 0 amide bonds. The minimum Gasteiger partial charge on any atom is -0.395 e. The van der Waals surface area contributed by atoms with Crippen LogP contribution in [0.3, 0.4) is 0 Å². The fraction of sp³-hybridized carbons (Fsp3) is 0.176. The molecular formula is C17H17Br2N3O2. The number of ketones is 1. The summed E-state index contributed by atoms with van der Waals surface area (Å²) in [6.07, 6.45) is 0. The summed E-state index contributed by atoms with van der Waals surface area (Å²) in [6, 6.07) is 15.0. The van der Waals surface area contributed by atoms with Gasteiger partial charge in [-0.1, -0.05) is 40.2 Å². The average Bonchev–Trinajstić information content (AvgIpc) is 2.91. The molecule has 0 radical (unpaired) electrons. The number of Topliss-reactive ketones (excluding diaryl/α,β-unsaturated/α-hetero) is 1. The first-order chi connectivity index (χ1) is 11.2. The summed E-state index contributed by atoms with van der Waals surface area (Å²) in [6.45, 7) is 0.579. The summed E-state index contributed by atoms with van der Waals surface area (Å²) < 4.78 is 2.78. The maximum Gasteiger partial charge on any atom is 0.204 e. The van der Waals surface area contributed by atoms with Gasteiger partial charge >= 0.3 is 0 Å². The third kappa shape index (κ3) is 4.03. The Morgan fingerprint density at radius 3 is 2.58 bits per heavy atom. The number of rotatable bonds is 6. The van der Waals surface area contributed by atoms with Gasteiger partial charge in [0.2, 0.25) is 5.95 Å². The molecule has 0 fully saturated rings. The average molecular weight is 455 g/mol. The Balaban J connectivity index is 0.00000208. The quantitative estimate of drug-likeness (QED) is 0.557. The number of carbonyl (C=O) groups excluding carboxylic acids is 1. The fourth-order valence-electron chi connectivity index (χ4n) is 2.41. The number of carbonyl (C=O) groups is 1. The number of benzene rings is 2. The Morgan fingerprint density at radius 2 is 1.88 bits per heavy atom. The van der Waals surface area contributed by atoms with Crippen LogP contribution in [0.4, 0.5) is 5.95 Å². The van der Waals surface area contributed by atoms with Crippen LogP contribution < -0.4 is 5.32 Å². The Kier molecular flexibility index (Phi) is 6.53. The van der Waals surface area contributed by atoms with Crippen molar-refractivity contribution in [3.05, 3.63) is 58.6 Å². The molecule has 126 valence electrons. The largest absolute Gasteiger partial charge is 0.395 e. The van der Waals surface area contributed by atoms with Crippen LogP contribution in [0.5, 0.6) is 0 Å². The molecule has 2 N–H and O–H groups in total.